The SMILES string of the molecule is [C-]#[N+]c1ccc2nc(C(c3nnc(CC4SC(=O)NC4=O)o3)S(C)(=O)=O)sc2c1. The molecule has 0 aliphatic carbocycles. The lowest BCUT2D eigenvalue weighted by molar-refractivity contribution is -0.119. The van der Waals surface area contributed by atoms with E-state index in [9.17, 15) is 18.0 Å². The molecule has 3 heterocycles. The molecule has 13 heteroatoms. The number of nitrogens with one attached hydrogen (secondary N) is 1. The lowest BCUT2D eigenvalue weighted by atomic mass is 10.3. The van der Waals surface area contributed by atoms with Crippen LogP contribution in [0.5, 0.6) is 0 Å². The minimum atomic E-state index is -3.72. The molecule has 2 unspecified atom stereocenters. The lowest BCUT2D eigenvalue weighted by Gasteiger charge is -2.07. The molecule has 1 aliphatic heterocycles. The molecular weight excluding hydrogens is 438 g/mol. The van der Waals surface area contributed by atoms with Gasteiger partial charge in [-0.05, 0) is 12.1 Å². The Morgan fingerprint density at radius 3 is 2.79 bits per heavy atom. The Morgan fingerprint density at radius 2 is 2.14 bits per heavy atom. The minimum absolute atomic E-state index is 0.0000688. The quantitative estimate of drug-likeness (QED) is 0.581. The molecule has 0 radical (unpaired) electrons. The van der Waals surface area contributed by atoms with Crippen molar-refractivity contribution in [2.24, 2.45) is 0 Å². The van der Waals surface area contributed by atoms with Crippen molar-refractivity contribution in [1.29, 1.82) is 0 Å². The third kappa shape index (κ3) is 3.86. The van der Waals surface area contributed by atoms with Crippen LogP contribution < -0.4 is 5.32 Å². The van der Waals surface area contributed by atoms with E-state index in [4.69, 9.17) is 11.0 Å². The van der Waals surface area contributed by atoms with Crippen LogP contribution in [0, 0.1) is 6.57 Å². The lowest BCUT2D eigenvalue weighted by Crippen LogP contribution is -2.25. The number of carbonyl (C=O) groups is 2. The molecule has 29 heavy (non-hydrogen) atoms. The van der Waals surface area contributed by atoms with Crippen LogP contribution in [-0.4, -0.2) is 46.3 Å². The largest absolute Gasteiger partial charge is 0.423 e. The van der Waals surface area contributed by atoms with Gasteiger partial charge in [0.25, 0.3) is 5.24 Å². The van der Waals surface area contributed by atoms with Gasteiger partial charge in [-0.2, -0.15) is 0 Å². The zero-order valence-corrected chi connectivity index (χ0v) is 17.1. The van der Waals surface area contributed by atoms with Gasteiger partial charge in [0.1, 0.15) is 10.3 Å². The predicted octanol–water partition coefficient (Wildman–Crippen LogP) is 2.26. The van der Waals surface area contributed by atoms with Gasteiger partial charge >= 0.3 is 0 Å². The van der Waals surface area contributed by atoms with Gasteiger partial charge in [-0.15, -0.1) is 21.5 Å². The average molecular weight is 449 g/mol. The fourth-order valence-electron chi connectivity index (χ4n) is 2.73. The van der Waals surface area contributed by atoms with Gasteiger partial charge in [-0.25, -0.2) is 18.2 Å². The number of nitrogens with zero attached hydrogens (tertiary/aromatic N) is 4. The Hall–Kier alpha value is -2.82. The number of aromatic nitrogens is 3. The summed E-state index contributed by atoms with van der Waals surface area (Å²) in [7, 11) is -3.72. The van der Waals surface area contributed by atoms with Crippen LogP contribution in [0.1, 0.15) is 22.0 Å². The van der Waals surface area contributed by atoms with E-state index >= 15 is 0 Å². The van der Waals surface area contributed by atoms with E-state index < -0.39 is 31.5 Å². The number of sulfone groups is 1. The Labute approximate surface area is 172 Å². The van der Waals surface area contributed by atoms with Crippen LogP contribution >= 0.6 is 23.1 Å². The highest BCUT2D eigenvalue weighted by Gasteiger charge is 2.36. The summed E-state index contributed by atoms with van der Waals surface area (Å²) in [4.78, 5) is 30.7. The fraction of sp³-hybridized carbons (Fsp3) is 0.250. The molecule has 1 aliphatic rings. The second kappa shape index (κ2) is 7.21. The molecule has 3 aromatic rings. The van der Waals surface area contributed by atoms with Crippen molar-refractivity contribution in [2.75, 3.05) is 6.26 Å². The molecule has 0 bridgehead atoms. The van der Waals surface area contributed by atoms with Crippen molar-refractivity contribution in [3.05, 3.63) is 46.4 Å². The molecule has 0 saturated carbocycles. The van der Waals surface area contributed by atoms with Crippen molar-refractivity contribution in [3.63, 3.8) is 0 Å². The zero-order valence-electron chi connectivity index (χ0n) is 14.6. The van der Waals surface area contributed by atoms with Crippen molar-refractivity contribution in [2.45, 2.75) is 16.9 Å². The molecule has 2 aromatic heterocycles. The number of carbonyl (C=O) groups excluding carboxylic acids is 2. The maximum Gasteiger partial charge on any atom is 0.286 e. The number of amides is 2. The highest BCUT2D eigenvalue weighted by Crippen LogP contribution is 2.36. The number of imide groups is 1. The number of thiazole rings is 1. The summed E-state index contributed by atoms with van der Waals surface area (Å²) in [5.74, 6) is -0.574. The molecule has 4 rings (SSSR count). The summed E-state index contributed by atoms with van der Waals surface area (Å²) in [5, 5.41) is 7.64. The van der Waals surface area contributed by atoms with Crippen LogP contribution in [0.25, 0.3) is 15.1 Å². The number of benzene rings is 1. The van der Waals surface area contributed by atoms with E-state index in [1.165, 1.54) is 0 Å². The molecule has 2 atom stereocenters. The number of rotatable bonds is 5. The first kappa shape index (κ1) is 19.5. The van der Waals surface area contributed by atoms with Crippen LogP contribution in [0.3, 0.4) is 0 Å². The highest BCUT2D eigenvalue weighted by atomic mass is 32.2. The summed E-state index contributed by atoms with van der Waals surface area (Å²) in [6.45, 7) is 7.09. The molecule has 2 amide bonds. The number of hydrogen-bond donors (Lipinski definition) is 1. The standard InChI is InChI=1S/C16H11N5O5S3/c1-17-7-3-4-8-9(5-7)27-15(18-8)12(29(2,24)25)14-21-20-11(26-14)6-10-13(22)19-16(23)28-10/h3-5,10,12H,6H2,2H3,(H,19,22,23). The van der Waals surface area contributed by atoms with Crippen LogP contribution in [0.2, 0.25) is 0 Å². The van der Waals surface area contributed by atoms with Crippen LogP contribution in [0.15, 0.2) is 22.6 Å². The average Bonchev–Trinajstić information content (AvgIpc) is 3.33. The third-order valence-corrected chi connectivity index (χ3v) is 7.50. The van der Waals surface area contributed by atoms with Crippen LogP contribution in [-0.2, 0) is 21.1 Å². The van der Waals surface area contributed by atoms with Crippen LogP contribution in [0.4, 0.5) is 10.5 Å². The maximum absolute atomic E-state index is 12.5. The first-order valence-corrected chi connectivity index (χ1v) is 11.7. The second-order valence-electron chi connectivity index (χ2n) is 6.15. The van der Waals surface area contributed by atoms with E-state index in [-0.39, 0.29) is 23.2 Å². The Kier molecular flexibility index (Phi) is 4.85. The molecular formula is C16H11N5O5S3. The minimum Gasteiger partial charge on any atom is -0.423 e. The molecule has 148 valence electrons. The fourth-order valence-corrected chi connectivity index (χ4v) is 6.06. The molecule has 1 N–H and O–H groups in total. The van der Waals surface area contributed by atoms with Gasteiger partial charge < -0.3 is 4.42 Å². The Bertz CT molecular complexity index is 1290. The molecule has 1 saturated heterocycles. The molecule has 1 fully saturated rings. The first-order valence-electron chi connectivity index (χ1n) is 8.05. The summed E-state index contributed by atoms with van der Waals surface area (Å²) < 4.78 is 31.1. The van der Waals surface area contributed by atoms with Gasteiger partial charge in [0.2, 0.25) is 17.7 Å². The monoisotopic (exact) mass is 449 g/mol. The normalized spacial score (nSPS) is 18.0. The summed E-state index contributed by atoms with van der Waals surface area (Å²) in [5.41, 5.74) is 0.980. The Balaban J connectivity index is 1.68. The number of fused-ring (bicyclic) bond motifs is 1. The predicted molar refractivity (Wildman–Crippen MR) is 105 cm³/mol. The summed E-state index contributed by atoms with van der Waals surface area (Å²) >= 11 is 1.94. The van der Waals surface area contributed by atoms with E-state index in [1.54, 1.807) is 18.2 Å². The highest BCUT2D eigenvalue weighted by molar-refractivity contribution is 8.15. The number of hydrogen-bond acceptors (Lipinski definition) is 10. The van der Waals surface area contributed by atoms with Crippen molar-refractivity contribution in [3.8, 4) is 0 Å². The second-order valence-corrected chi connectivity index (χ2v) is 10.5. The third-order valence-electron chi connectivity index (χ3n) is 4.00. The van der Waals surface area contributed by atoms with Crippen molar-refractivity contribution >= 4 is 60.0 Å². The van der Waals surface area contributed by atoms with Crippen molar-refractivity contribution in [1.82, 2.24) is 20.5 Å². The molecule has 0 spiro atoms. The van der Waals surface area contributed by atoms with Gasteiger partial charge in [0.05, 0.1) is 12.1 Å². The Morgan fingerprint density at radius 1 is 1.34 bits per heavy atom. The van der Waals surface area contributed by atoms with E-state index in [2.05, 4.69) is 25.3 Å². The van der Waals surface area contributed by atoms with Gasteiger partial charge in [0.15, 0.2) is 20.8 Å². The van der Waals surface area contributed by atoms with Crippen molar-refractivity contribution < 1.29 is 22.4 Å². The smallest absolute Gasteiger partial charge is 0.286 e. The van der Waals surface area contributed by atoms with E-state index in [0.717, 1.165) is 29.4 Å². The topological polar surface area (TPSA) is 136 Å². The summed E-state index contributed by atoms with van der Waals surface area (Å²) in [6, 6.07) is 4.88. The zero-order chi connectivity index (χ0) is 20.8. The van der Waals surface area contributed by atoms with Gasteiger partial charge in [-0.1, -0.05) is 17.8 Å². The molecule has 1 aromatic carbocycles. The maximum atomic E-state index is 12.5. The van der Waals surface area contributed by atoms with E-state index in [1.807, 2.05) is 0 Å². The van der Waals surface area contributed by atoms with E-state index in [0.29, 0.717) is 15.9 Å². The first-order chi connectivity index (χ1) is 13.7. The van der Waals surface area contributed by atoms with Gasteiger partial charge in [-0.3, -0.25) is 14.9 Å². The number of thioether (sulfide) groups is 1. The molecule has 10 nitrogen and oxygen atoms in total. The van der Waals surface area contributed by atoms with Gasteiger partial charge in [0, 0.05) is 17.4 Å². The summed E-state index contributed by atoms with van der Waals surface area (Å²) in [6.07, 6.45) is 1.04.